The van der Waals surface area contributed by atoms with Crippen molar-refractivity contribution in [1.29, 1.82) is 0 Å². The fourth-order valence-electron chi connectivity index (χ4n) is 2.56. The molecular formula is C17H13ClN4OS2. The molecule has 5 nitrogen and oxygen atoms in total. The van der Waals surface area contributed by atoms with Crippen LogP contribution in [0, 0.1) is 6.92 Å². The lowest BCUT2D eigenvalue weighted by Crippen LogP contribution is -2.14. The van der Waals surface area contributed by atoms with E-state index in [0.29, 0.717) is 10.7 Å². The van der Waals surface area contributed by atoms with Gasteiger partial charge in [-0.3, -0.25) is 9.20 Å². The van der Waals surface area contributed by atoms with Gasteiger partial charge in [0.2, 0.25) is 5.91 Å². The first-order chi connectivity index (χ1) is 12.1. The Morgan fingerprint density at radius 3 is 3.04 bits per heavy atom. The molecule has 0 bridgehead atoms. The number of nitrogens with zero attached hydrogens (tertiary/aromatic N) is 3. The summed E-state index contributed by atoms with van der Waals surface area (Å²) in [5, 5.41) is 14.4. The number of rotatable bonds is 4. The number of aryl methyl sites for hydroxylation is 1. The maximum Gasteiger partial charge on any atom is 0.234 e. The van der Waals surface area contributed by atoms with Crippen LogP contribution in [0.15, 0.2) is 47.1 Å². The van der Waals surface area contributed by atoms with Gasteiger partial charge in [-0.05, 0) is 42.1 Å². The molecule has 1 aromatic carbocycles. The van der Waals surface area contributed by atoms with Crippen LogP contribution in [0.5, 0.6) is 0 Å². The van der Waals surface area contributed by atoms with Crippen molar-refractivity contribution >= 4 is 62.0 Å². The third-order valence-corrected chi connectivity index (χ3v) is 5.87. The molecule has 0 spiro atoms. The molecule has 0 aliphatic rings. The van der Waals surface area contributed by atoms with Crippen molar-refractivity contribution in [3.8, 4) is 0 Å². The van der Waals surface area contributed by atoms with Crippen molar-refractivity contribution in [2.24, 2.45) is 0 Å². The SMILES string of the molecule is Cc1ccc(NC(=O)CSc2nncn3c2cc2sccc23)c(Cl)c1. The molecule has 3 aromatic heterocycles. The molecule has 0 atom stereocenters. The van der Waals surface area contributed by atoms with Gasteiger partial charge in [0.05, 0.1) is 32.2 Å². The van der Waals surface area contributed by atoms with E-state index < -0.39 is 0 Å². The number of carbonyl (C=O) groups excluding carboxylic acids is 1. The van der Waals surface area contributed by atoms with Crippen LogP contribution < -0.4 is 5.32 Å². The second-order valence-electron chi connectivity index (χ2n) is 5.53. The van der Waals surface area contributed by atoms with Crippen molar-refractivity contribution < 1.29 is 4.79 Å². The highest BCUT2D eigenvalue weighted by Crippen LogP contribution is 2.30. The van der Waals surface area contributed by atoms with Gasteiger partial charge in [-0.1, -0.05) is 29.4 Å². The molecule has 0 unspecified atom stereocenters. The quantitative estimate of drug-likeness (QED) is 0.517. The van der Waals surface area contributed by atoms with Crippen LogP contribution >= 0.6 is 34.7 Å². The number of aromatic nitrogens is 3. The summed E-state index contributed by atoms with van der Waals surface area (Å²) in [6.07, 6.45) is 1.70. The molecule has 4 rings (SSSR count). The van der Waals surface area contributed by atoms with E-state index in [0.717, 1.165) is 21.6 Å². The minimum atomic E-state index is -0.132. The Morgan fingerprint density at radius 2 is 2.20 bits per heavy atom. The number of anilines is 1. The summed E-state index contributed by atoms with van der Waals surface area (Å²) < 4.78 is 3.17. The van der Waals surface area contributed by atoms with Gasteiger partial charge in [0, 0.05) is 0 Å². The molecule has 0 aliphatic heterocycles. The van der Waals surface area contributed by atoms with Crippen LogP contribution in [0.25, 0.3) is 15.7 Å². The van der Waals surface area contributed by atoms with Crippen molar-refractivity contribution in [2.75, 3.05) is 11.1 Å². The lowest BCUT2D eigenvalue weighted by Gasteiger charge is -2.08. The van der Waals surface area contributed by atoms with Crippen LogP contribution in [0.3, 0.4) is 0 Å². The average molecular weight is 389 g/mol. The summed E-state index contributed by atoms with van der Waals surface area (Å²) in [6, 6.07) is 9.67. The van der Waals surface area contributed by atoms with Crippen LogP contribution in [-0.2, 0) is 4.79 Å². The highest BCUT2D eigenvalue weighted by molar-refractivity contribution is 8.00. The van der Waals surface area contributed by atoms with E-state index in [1.807, 2.05) is 34.9 Å². The molecule has 3 heterocycles. The standard InChI is InChI=1S/C17H13ClN4OS2/c1-10-2-3-12(11(18)6-10)20-16(23)8-25-17-14-7-15-13(4-5-24-15)22(14)9-19-21-17/h2-7,9H,8H2,1H3,(H,20,23). The Bertz CT molecular complexity index is 1090. The number of thioether (sulfide) groups is 1. The number of amides is 1. The zero-order valence-electron chi connectivity index (χ0n) is 13.2. The Kier molecular flexibility index (Phi) is 4.37. The van der Waals surface area contributed by atoms with Crippen LogP contribution in [0.4, 0.5) is 5.69 Å². The summed E-state index contributed by atoms with van der Waals surface area (Å²) in [5.74, 6) is 0.102. The molecule has 4 aromatic rings. The van der Waals surface area contributed by atoms with Gasteiger partial charge in [0.25, 0.3) is 0 Å². The number of hydrogen-bond donors (Lipinski definition) is 1. The molecule has 0 fully saturated rings. The van der Waals surface area contributed by atoms with Gasteiger partial charge in [-0.25, -0.2) is 0 Å². The first-order valence-corrected chi connectivity index (χ1v) is 9.75. The number of halogens is 1. The molecule has 25 heavy (non-hydrogen) atoms. The Labute approximate surface area is 157 Å². The monoisotopic (exact) mass is 388 g/mol. The summed E-state index contributed by atoms with van der Waals surface area (Å²) in [4.78, 5) is 12.2. The smallest absolute Gasteiger partial charge is 0.234 e. The molecule has 1 amide bonds. The predicted molar refractivity (Wildman–Crippen MR) is 104 cm³/mol. The van der Waals surface area contributed by atoms with Gasteiger partial charge in [-0.2, -0.15) is 0 Å². The van der Waals surface area contributed by atoms with Crippen molar-refractivity contribution in [1.82, 2.24) is 14.6 Å². The minimum absolute atomic E-state index is 0.132. The molecule has 0 aliphatic carbocycles. The topological polar surface area (TPSA) is 59.3 Å². The van der Waals surface area contributed by atoms with Crippen LogP contribution in [-0.4, -0.2) is 26.3 Å². The molecule has 1 N–H and O–H groups in total. The summed E-state index contributed by atoms with van der Waals surface area (Å²) in [7, 11) is 0. The summed E-state index contributed by atoms with van der Waals surface area (Å²) >= 11 is 9.19. The molecule has 0 radical (unpaired) electrons. The Hall–Kier alpha value is -2.09. The maximum absolute atomic E-state index is 12.2. The minimum Gasteiger partial charge on any atom is -0.324 e. The van der Waals surface area contributed by atoms with Crippen molar-refractivity contribution in [2.45, 2.75) is 11.9 Å². The van der Waals surface area contributed by atoms with Gasteiger partial charge >= 0.3 is 0 Å². The third kappa shape index (κ3) is 3.22. The van der Waals surface area contributed by atoms with Gasteiger partial charge in [-0.15, -0.1) is 21.5 Å². The fraction of sp³-hybridized carbons (Fsp3) is 0.118. The zero-order chi connectivity index (χ0) is 17.4. The third-order valence-electron chi connectivity index (χ3n) is 3.73. The normalized spacial score (nSPS) is 11.3. The van der Waals surface area contributed by atoms with Gasteiger partial charge < -0.3 is 5.32 Å². The van der Waals surface area contributed by atoms with Crippen LogP contribution in [0.1, 0.15) is 5.56 Å². The Balaban J connectivity index is 1.51. The van der Waals surface area contributed by atoms with E-state index in [1.54, 1.807) is 17.7 Å². The largest absolute Gasteiger partial charge is 0.324 e. The number of thiophene rings is 1. The summed E-state index contributed by atoms with van der Waals surface area (Å²) in [6.45, 7) is 1.95. The van der Waals surface area contributed by atoms with E-state index in [9.17, 15) is 4.79 Å². The lowest BCUT2D eigenvalue weighted by atomic mass is 10.2. The fourth-order valence-corrected chi connectivity index (χ4v) is 4.40. The summed E-state index contributed by atoms with van der Waals surface area (Å²) in [5.41, 5.74) is 3.73. The number of benzene rings is 1. The van der Waals surface area contributed by atoms with E-state index in [2.05, 4.69) is 27.6 Å². The highest BCUT2D eigenvalue weighted by Gasteiger charge is 2.12. The zero-order valence-corrected chi connectivity index (χ0v) is 15.6. The number of carbonyl (C=O) groups is 1. The van der Waals surface area contributed by atoms with E-state index in [4.69, 9.17) is 11.6 Å². The molecular weight excluding hydrogens is 376 g/mol. The molecule has 126 valence electrons. The number of nitrogens with one attached hydrogen (secondary N) is 1. The first kappa shape index (κ1) is 16.4. The molecule has 8 heteroatoms. The van der Waals surface area contributed by atoms with Crippen LogP contribution in [0.2, 0.25) is 5.02 Å². The number of fused-ring (bicyclic) bond motifs is 3. The Morgan fingerprint density at radius 1 is 1.32 bits per heavy atom. The average Bonchev–Trinajstić information content (AvgIpc) is 3.17. The lowest BCUT2D eigenvalue weighted by molar-refractivity contribution is -0.113. The van der Waals surface area contributed by atoms with Crippen molar-refractivity contribution in [3.05, 3.63) is 52.6 Å². The molecule has 0 saturated carbocycles. The van der Waals surface area contributed by atoms with E-state index >= 15 is 0 Å². The predicted octanol–water partition coefficient (Wildman–Crippen LogP) is 4.64. The second kappa shape index (κ2) is 6.67. The van der Waals surface area contributed by atoms with Crippen molar-refractivity contribution in [3.63, 3.8) is 0 Å². The highest BCUT2D eigenvalue weighted by atomic mass is 35.5. The van der Waals surface area contributed by atoms with Gasteiger partial charge in [0.15, 0.2) is 0 Å². The molecule has 0 saturated heterocycles. The maximum atomic E-state index is 12.2. The first-order valence-electron chi connectivity index (χ1n) is 7.50. The number of hydrogen-bond acceptors (Lipinski definition) is 5. The van der Waals surface area contributed by atoms with E-state index in [-0.39, 0.29) is 11.7 Å². The second-order valence-corrected chi connectivity index (χ2v) is 7.84. The van der Waals surface area contributed by atoms with Gasteiger partial charge in [0.1, 0.15) is 11.4 Å². The van der Waals surface area contributed by atoms with E-state index in [1.165, 1.54) is 16.5 Å².